The number of ether oxygens (including phenoxy) is 1. The molecule has 0 aliphatic rings. The summed E-state index contributed by atoms with van der Waals surface area (Å²) in [5, 5.41) is 0. The molecule has 0 aromatic rings. The zero-order valence-corrected chi connectivity index (χ0v) is 17.8. The molecule has 0 spiro atoms. The number of hydrogen-bond donors (Lipinski definition) is 0. The quantitative estimate of drug-likeness (QED) is 0.0817. The second-order valence-electron chi connectivity index (χ2n) is 7.38. The van der Waals surface area contributed by atoms with Gasteiger partial charge in [-0.25, -0.2) is 4.79 Å². The van der Waals surface area contributed by atoms with Crippen molar-refractivity contribution in [1.82, 2.24) is 0 Å². The molecule has 0 atom stereocenters. The maximum atomic E-state index is 11.5. The average Bonchev–Trinajstić information content (AvgIpc) is 2.65. The molecule has 0 fully saturated rings. The van der Waals surface area contributed by atoms with Crippen LogP contribution < -0.4 is 0 Å². The molecule has 0 aliphatic carbocycles. The average molecular weight is 379 g/mol. The SMILES string of the molecule is C/C=C/C=C/C(=O)OC(=O)CCCCCCCCCCCCCCCCC. The van der Waals surface area contributed by atoms with E-state index in [4.69, 9.17) is 4.74 Å². The van der Waals surface area contributed by atoms with Crippen molar-refractivity contribution in [2.75, 3.05) is 0 Å². The summed E-state index contributed by atoms with van der Waals surface area (Å²) in [6, 6.07) is 0. The lowest BCUT2D eigenvalue weighted by molar-refractivity contribution is -0.156. The predicted molar refractivity (Wildman–Crippen MR) is 115 cm³/mol. The van der Waals surface area contributed by atoms with Crippen LogP contribution in [0.15, 0.2) is 24.3 Å². The van der Waals surface area contributed by atoms with E-state index in [0.29, 0.717) is 6.42 Å². The van der Waals surface area contributed by atoms with Crippen LogP contribution >= 0.6 is 0 Å². The van der Waals surface area contributed by atoms with Crippen LogP contribution in [0.25, 0.3) is 0 Å². The number of rotatable bonds is 18. The fourth-order valence-electron chi connectivity index (χ4n) is 3.08. The van der Waals surface area contributed by atoms with Crippen molar-refractivity contribution in [2.45, 2.75) is 117 Å². The molecule has 0 saturated carbocycles. The number of carbonyl (C=O) groups is 2. The standard InChI is InChI=1S/C24H42O3/c1-3-5-7-8-9-10-11-12-13-14-15-16-17-18-20-22-24(26)27-23(25)21-19-6-4-2/h4,6,19,21H,3,5,7-18,20,22H2,1-2H3/b6-4+,21-19+. The molecular formula is C24H42O3. The third-order valence-corrected chi connectivity index (χ3v) is 4.73. The lowest BCUT2D eigenvalue weighted by Gasteiger charge is -2.03. The van der Waals surface area contributed by atoms with E-state index in [9.17, 15) is 9.59 Å². The van der Waals surface area contributed by atoms with Crippen molar-refractivity contribution in [1.29, 1.82) is 0 Å². The summed E-state index contributed by atoms with van der Waals surface area (Å²) < 4.78 is 4.72. The van der Waals surface area contributed by atoms with E-state index >= 15 is 0 Å². The maximum absolute atomic E-state index is 11.5. The lowest BCUT2D eigenvalue weighted by Crippen LogP contribution is -2.09. The number of allylic oxidation sites excluding steroid dienone is 3. The Labute approximate surface area is 167 Å². The van der Waals surface area contributed by atoms with Crippen LogP contribution in [-0.4, -0.2) is 11.9 Å². The van der Waals surface area contributed by atoms with E-state index < -0.39 is 11.9 Å². The van der Waals surface area contributed by atoms with Crippen LogP contribution in [0.5, 0.6) is 0 Å². The maximum Gasteiger partial charge on any atom is 0.338 e. The van der Waals surface area contributed by atoms with E-state index in [2.05, 4.69) is 6.92 Å². The summed E-state index contributed by atoms with van der Waals surface area (Å²) in [5.74, 6) is -1.00. The zero-order valence-electron chi connectivity index (χ0n) is 17.8. The molecule has 0 amide bonds. The van der Waals surface area contributed by atoms with Gasteiger partial charge in [0, 0.05) is 12.5 Å². The molecule has 0 bridgehead atoms. The highest BCUT2D eigenvalue weighted by molar-refractivity contribution is 5.92. The van der Waals surface area contributed by atoms with Crippen LogP contribution in [0.3, 0.4) is 0 Å². The number of carbonyl (C=O) groups excluding carboxylic acids is 2. The highest BCUT2D eigenvalue weighted by Gasteiger charge is 2.06. The van der Waals surface area contributed by atoms with Crippen LogP contribution in [-0.2, 0) is 14.3 Å². The highest BCUT2D eigenvalue weighted by Crippen LogP contribution is 2.13. The molecule has 0 N–H and O–H groups in total. The first-order valence-corrected chi connectivity index (χ1v) is 11.2. The third kappa shape index (κ3) is 20.8. The molecule has 3 nitrogen and oxygen atoms in total. The van der Waals surface area contributed by atoms with Gasteiger partial charge in [-0.3, -0.25) is 4.79 Å². The predicted octanol–water partition coefficient (Wildman–Crippen LogP) is 7.45. The topological polar surface area (TPSA) is 43.4 Å². The number of esters is 2. The third-order valence-electron chi connectivity index (χ3n) is 4.73. The van der Waals surface area contributed by atoms with Gasteiger partial charge in [-0.15, -0.1) is 0 Å². The molecule has 3 heteroatoms. The molecule has 0 rings (SSSR count). The van der Waals surface area contributed by atoms with Crippen molar-refractivity contribution >= 4 is 11.9 Å². The summed E-state index contributed by atoms with van der Waals surface area (Å²) in [7, 11) is 0. The van der Waals surface area contributed by atoms with Crippen molar-refractivity contribution in [2.24, 2.45) is 0 Å². The van der Waals surface area contributed by atoms with Gasteiger partial charge in [0.15, 0.2) is 0 Å². The van der Waals surface area contributed by atoms with Crippen LogP contribution in [0.4, 0.5) is 0 Å². The Balaban J connectivity index is 3.28. The van der Waals surface area contributed by atoms with Crippen molar-refractivity contribution in [3.8, 4) is 0 Å². The Morgan fingerprint density at radius 1 is 0.667 bits per heavy atom. The van der Waals surface area contributed by atoms with E-state index in [0.717, 1.165) is 12.8 Å². The molecule has 0 heterocycles. The van der Waals surface area contributed by atoms with Gasteiger partial charge in [0.2, 0.25) is 0 Å². The smallest absolute Gasteiger partial charge is 0.338 e. The van der Waals surface area contributed by atoms with E-state index in [1.165, 1.54) is 89.5 Å². The molecule has 0 unspecified atom stereocenters. The minimum Gasteiger partial charge on any atom is -0.390 e. The minimum atomic E-state index is -0.584. The van der Waals surface area contributed by atoms with Crippen LogP contribution in [0, 0.1) is 0 Å². The van der Waals surface area contributed by atoms with Gasteiger partial charge in [-0.2, -0.15) is 0 Å². The van der Waals surface area contributed by atoms with Gasteiger partial charge in [0.05, 0.1) is 0 Å². The Morgan fingerprint density at radius 3 is 1.56 bits per heavy atom. The Kier molecular flexibility index (Phi) is 19.9. The monoisotopic (exact) mass is 378 g/mol. The summed E-state index contributed by atoms with van der Waals surface area (Å²) in [6.45, 7) is 4.12. The Bertz CT molecular complexity index is 410. The largest absolute Gasteiger partial charge is 0.390 e. The van der Waals surface area contributed by atoms with E-state index in [1.54, 1.807) is 18.2 Å². The van der Waals surface area contributed by atoms with Gasteiger partial charge < -0.3 is 4.74 Å². The summed E-state index contributed by atoms with van der Waals surface area (Å²) in [6.07, 6.45) is 26.1. The van der Waals surface area contributed by atoms with Gasteiger partial charge in [-0.05, 0) is 13.3 Å². The Hall–Kier alpha value is -1.38. The summed E-state index contributed by atoms with van der Waals surface area (Å²) in [4.78, 5) is 22.9. The molecule has 156 valence electrons. The highest BCUT2D eigenvalue weighted by atomic mass is 16.6. The number of unbranched alkanes of at least 4 members (excludes halogenated alkanes) is 14. The molecule has 0 saturated heterocycles. The molecule has 27 heavy (non-hydrogen) atoms. The first-order valence-electron chi connectivity index (χ1n) is 11.2. The number of hydrogen-bond acceptors (Lipinski definition) is 3. The second-order valence-corrected chi connectivity index (χ2v) is 7.38. The molecular weight excluding hydrogens is 336 g/mol. The van der Waals surface area contributed by atoms with E-state index in [-0.39, 0.29) is 0 Å². The van der Waals surface area contributed by atoms with Gasteiger partial charge in [0.25, 0.3) is 0 Å². The zero-order chi connectivity index (χ0) is 20.0. The van der Waals surface area contributed by atoms with Crippen molar-refractivity contribution < 1.29 is 14.3 Å². The summed E-state index contributed by atoms with van der Waals surface area (Å²) >= 11 is 0. The Morgan fingerprint density at radius 2 is 1.11 bits per heavy atom. The van der Waals surface area contributed by atoms with Crippen molar-refractivity contribution in [3.63, 3.8) is 0 Å². The van der Waals surface area contributed by atoms with Crippen LogP contribution in [0.1, 0.15) is 117 Å². The minimum absolute atomic E-state index is 0.335. The van der Waals surface area contributed by atoms with Gasteiger partial charge >= 0.3 is 11.9 Å². The molecule has 0 aliphatic heterocycles. The van der Waals surface area contributed by atoms with Gasteiger partial charge in [0.1, 0.15) is 0 Å². The van der Waals surface area contributed by atoms with E-state index in [1.807, 2.05) is 6.92 Å². The molecule has 0 radical (unpaired) electrons. The first-order chi connectivity index (χ1) is 13.2. The molecule has 0 aromatic heterocycles. The first kappa shape index (κ1) is 25.6. The van der Waals surface area contributed by atoms with Gasteiger partial charge in [-0.1, -0.05) is 115 Å². The fourth-order valence-corrected chi connectivity index (χ4v) is 3.08. The van der Waals surface area contributed by atoms with Crippen molar-refractivity contribution in [3.05, 3.63) is 24.3 Å². The van der Waals surface area contributed by atoms with Crippen LogP contribution in [0.2, 0.25) is 0 Å². The lowest BCUT2D eigenvalue weighted by atomic mass is 10.0. The fraction of sp³-hybridized carbons (Fsp3) is 0.750. The summed E-state index contributed by atoms with van der Waals surface area (Å²) in [5.41, 5.74) is 0. The normalized spacial score (nSPS) is 11.5. The molecule has 0 aromatic carbocycles. The second kappa shape index (κ2) is 20.9.